The van der Waals surface area contributed by atoms with E-state index in [0.717, 1.165) is 6.07 Å². The number of nitrogens with zero attached hydrogens (tertiary/aromatic N) is 1. The van der Waals surface area contributed by atoms with Gasteiger partial charge in [0.1, 0.15) is 0 Å². The number of hydrogen-bond donors (Lipinski definition) is 1. The summed E-state index contributed by atoms with van der Waals surface area (Å²) in [6, 6.07) is 5.34. The molecule has 1 fully saturated rings. The molecule has 7 heteroatoms. The van der Waals surface area contributed by atoms with Crippen molar-refractivity contribution in [3.63, 3.8) is 0 Å². The molecule has 1 aromatic carbocycles. The molecule has 2 N–H and O–H groups in total. The fraction of sp³-hybridized carbons (Fsp3) is 0.529. The van der Waals surface area contributed by atoms with Crippen molar-refractivity contribution in [2.24, 2.45) is 11.7 Å². The van der Waals surface area contributed by atoms with Gasteiger partial charge in [0.15, 0.2) is 0 Å². The Hall–Kier alpha value is -2.05. The quantitative estimate of drug-likeness (QED) is 0.914. The van der Waals surface area contributed by atoms with Gasteiger partial charge in [0.05, 0.1) is 5.56 Å². The number of halogens is 3. The molecule has 0 bridgehead atoms. The summed E-state index contributed by atoms with van der Waals surface area (Å²) in [5, 5.41) is 0. The predicted octanol–water partition coefficient (Wildman–Crippen LogP) is 2.92. The normalized spacial score (nSPS) is 17.6. The summed E-state index contributed by atoms with van der Waals surface area (Å²) < 4.78 is 39.2. The molecule has 0 spiro atoms. The van der Waals surface area contributed by atoms with Crippen molar-refractivity contribution < 1.29 is 22.8 Å². The van der Waals surface area contributed by atoms with Crippen LogP contribution < -0.4 is 5.73 Å². The van der Waals surface area contributed by atoms with E-state index < -0.39 is 17.7 Å². The predicted molar refractivity (Wildman–Crippen MR) is 83.0 cm³/mol. The number of alkyl halides is 3. The highest BCUT2D eigenvalue weighted by Crippen LogP contribution is 2.36. The van der Waals surface area contributed by atoms with Gasteiger partial charge in [-0.05, 0) is 30.4 Å². The lowest BCUT2D eigenvalue weighted by molar-refractivity contribution is -0.139. The molecule has 1 aliphatic heterocycles. The molecule has 1 unspecified atom stereocenters. The molecule has 1 atom stereocenters. The van der Waals surface area contributed by atoms with Gasteiger partial charge in [-0.25, -0.2) is 0 Å². The minimum Gasteiger partial charge on any atom is -0.369 e. The Balaban J connectivity index is 2.02. The van der Waals surface area contributed by atoms with Gasteiger partial charge in [-0.2, -0.15) is 13.2 Å². The molecule has 2 amide bonds. The van der Waals surface area contributed by atoms with Crippen LogP contribution in [-0.4, -0.2) is 29.8 Å². The van der Waals surface area contributed by atoms with E-state index in [1.54, 1.807) is 17.9 Å². The summed E-state index contributed by atoms with van der Waals surface area (Å²) in [7, 11) is 0. The van der Waals surface area contributed by atoms with Crippen LogP contribution in [0.2, 0.25) is 0 Å². The van der Waals surface area contributed by atoms with Gasteiger partial charge in [0.2, 0.25) is 11.8 Å². The summed E-state index contributed by atoms with van der Waals surface area (Å²) >= 11 is 0. The Bertz CT molecular complexity index is 608. The first-order valence-electron chi connectivity index (χ1n) is 7.93. The molecule has 24 heavy (non-hydrogen) atoms. The monoisotopic (exact) mass is 342 g/mol. The fourth-order valence-corrected chi connectivity index (χ4v) is 3.10. The van der Waals surface area contributed by atoms with E-state index >= 15 is 0 Å². The Labute approximate surface area is 138 Å². The van der Waals surface area contributed by atoms with Crippen LogP contribution in [0.4, 0.5) is 13.2 Å². The maximum Gasteiger partial charge on any atom is 0.416 e. The van der Waals surface area contributed by atoms with Crippen molar-refractivity contribution in [2.45, 2.75) is 38.3 Å². The maximum atomic E-state index is 13.1. The minimum atomic E-state index is -4.44. The standard InChI is InChI=1S/C17H21F3N2O2/c1-11(13-4-2-3-5-14(13)17(18,19)20)10-15(23)22-8-6-12(7-9-22)16(21)24/h2-5,11-12H,6-10H2,1H3,(H2,21,24). The third-order valence-corrected chi connectivity index (χ3v) is 4.53. The van der Waals surface area contributed by atoms with E-state index in [1.165, 1.54) is 12.1 Å². The lowest BCUT2D eigenvalue weighted by Gasteiger charge is -2.31. The number of rotatable bonds is 4. The number of carbonyl (C=O) groups excluding carboxylic acids is 2. The molecule has 2 rings (SSSR count). The van der Waals surface area contributed by atoms with Crippen molar-refractivity contribution in [3.8, 4) is 0 Å². The SMILES string of the molecule is CC(CC(=O)N1CCC(C(N)=O)CC1)c1ccccc1C(F)(F)F. The number of amides is 2. The Morgan fingerprint density at radius 3 is 2.38 bits per heavy atom. The zero-order chi connectivity index (χ0) is 17.9. The highest BCUT2D eigenvalue weighted by atomic mass is 19.4. The molecule has 1 saturated heterocycles. The Morgan fingerprint density at radius 1 is 1.25 bits per heavy atom. The lowest BCUT2D eigenvalue weighted by atomic mass is 9.91. The number of piperidine rings is 1. The number of hydrogen-bond acceptors (Lipinski definition) is 2. The van der Waals surface area contributed by atoms with Crippen LogP contribution in [0.25, 0.3) is 0 Å². The highest BCUT2D eigenvalue weighted by Gasteiger charge is 2.35. The third-order valence-electron chi connectivity index (χ3n) is 4.53. The highest BCUT2D eigenvalue weighted by molar-refractivity contribution is 5.79. The van der Waals surface area contributed by atoms with Gasteiger partial charge < -0.3 is 10.6 Å². The topological polar surface area (TPSA) is 63.4 Å². The molecule has 1 aromatic rings. The minimum absolute atomic E-state index is 0.00827. The van der Waals surface area contributed by atoms with Gasteiger partial charge in [0.25, 0.3) is 0 Å². The summed E-state index contributed by atoms with van der Waals surface area (Å²) in [6.45, 7) is 2.46. The van der Waals surface area contributed by atoms with Crippen LogP contribution in [0.15, 0.2) is 24.3 Å². The van der Waals surface area contributed by atoms with E-state index in [2.05, 4.69) is 0 Å². The van der Waals surface area contributed by atoms with Crippen molar-refractivity contribution in [2.75, 3.05) is 13.1 Å². The molecule has 132 valence electrons. The molecule has 0 radical (unpaired) electrons. The van der Waals surface area contributed by atoms with Gasteiger partial charge in [-0.3, -0.25) is 9.59 Å². The first-order valence-corrected chi connectivity index (χ1v) is 7.93. The van der Waals surface area contributed by atoms with Crippen molar-refractivity contribution >= 4 is 11.8 Å². The van der Waals surface area contributed by atoms with Crippen LogP contribution in [-0.2, 0) is 15.8 Å². The average Bonchev–Trinajstić information content (AvgIpc) is 2.54. The molecule has 4 nitrogen and oxygen atoms in total. The number of nitrogens with two attached hydrogens (primary N) is 1. The van der Waals surface area contributed by atoms with Gasteiger partial charge >= 0.3 is 6.18 Å². The van der Waals surface area contributed by atoms with E-state index in [4.69, 9.17) is 5.73 Å². The van der Waals surface area contributed by atoms with Crippen LogP contribution in [0.1, 0.15) is 43.2 Å². The van der Waals surface area contributed by atoms with Crippen LogP contribution >= 0.6 is 0 Å². The maximum absolute atomic E-state index is 13.1. The van der Waals surface area contributed by atoms with Crippen molar-refractivity contribution in [3.05, 3.63) is 35.4 Å². The summed E-state index contributed by atoms with van der Waals surface area (Å²) in [5.41, 5.74) is 4.69. The molecular formula is C17H21F3N2O2. The molecule has 0 saturated carbocycles. The summed E-state index contributed by atoms with van der Waals surface area (Å²) in [5.74, 6) is -1.32. The summed E-state index contributed by atoms with van der Waals surface area (Å²) in [4.78, 5) is 25.1. The second kappa shape index (κ2) is 7.23. The number of benzene rings is 1. The van der Waals surface area contributed by atoms with E-state index in [9.17, 15) is 22.8 Å². The smallest absolute Gasteiger partial charge is 0.369 e. The molecular weight excluding hydrogens is 321 g/mol. The van der Waals surface area contributed by atoms with Gasteiger partial charge in [-0.15, -0.1) is 0 Å². The lowest BCUT2D eigenvalue weighted by Crippen LogP contribution is -2.42. The van der Waals surface area contributed by atoms with E-state index in [0.29, 0.717) is 25.9 Å². The average molecular weight is 342 g/mol. The second-order valence-corrected chi connectivity index (χ2v) is 6.25. The number of carbonyl (C=O) groups is 2. The second-order valence-electron chi connectivity index (χ2n) is 6.25. The number of primary amides is 1. The van der Waals surface area contributed by atoms with E-state index in [-0.39, 0.29) is 29.7 Å². The van der Waals surface area contributed by atoms with Crippen molar-refractivity contribution in [1.82, 2.24) is 4.90 Å². The van der Waals surface area contributed by atoms with Crippen LogP contribution in [0, 0.1) is 5.92 Å². The van der Waals surface area contributed by atoms with E-state index in [1.807, 2.05) is 0 Å². The zero-order valence-electron chi connectivity index (χ0n) is 13.5. The Morgan fingerprint density at radius 2 is 1.83 bits per heavy atom. The largest absolute Gasteiger partial charge is 0.416 e. The molecule has 0 aliphatic carbocycles. The first kappa shape index (κ1) is 18.3. The Kier molecular flexibility index (Phi) is 5.51. The van der Waals surface area contributed by atoms with Gasteiger partial charge in [0, 0.05) is 25.4 Å². The molecule has 0 aromatic heterocycles. The van der Waals surface area contributed by atoms with Crippen LogP contribution in [0.5, 0.6) is 0 Å². The third kappa shape index (κ3) is 4.27. The van der Waals surface area contributed by atoms with Crippen LogP contribution in [0.3, 0.4) is 0 Å². The molecule has 1 aliphatic rings. The number of likely N-dealkylation sites (tertiary alicyclic amines) is 1. The first-order chi connectivity index (χ1) is 11.2. The van der Waals surface area contributed by atoms with Crippen molar-refractivity contribution in [1.29, 1.82) is 0 Å². The zero-order valence-corrected chi connectivity index (χ0v) is 13.5. The summed E-state index contributed by atoms with van der Waals surface area (Å²) in [6.07, 6.45) is -3.41. The van der Waals surface area contributed by atoms with Gasteiger partial charge in [-0.1, -0.05) is 25.1 Å². The fourth-order valence-electron chi connectivity index (χ4n) is 3.10. The molecule has 1 heterocycles.